The first-order valence-electron chi connectivity index (χ1n) is 8.03. The van der Waals surface area contributed by atoms with Gasteiger partial charge in [-0.15, -0.1) is 11.3 Å². The van der Waals surface area contributed by atoms with Crippen LogP contribution < -0.4 is 17.7 Å². The van der Waals surface area contributed by atoms with Gasteiger partial charge in [-0.1, -0.05) is 24.3 Å². The molecular formula is C19H19N7S. The molecule has 0 aliphatic rings. The number of amidine groups is 1. The molecule has 3 heterocycles. The number of pyridine rings is 1. The van der Waals surface area contributed by atoms with Crippen molar-refractivity contribution in [3.8, 4) is 5.82 Å². The van der Waals surface area contributed by atoms with Crippen molar-refractivity contribution in [3.05, 3.63) is 65.8 Å². The van der Waals surface area contributed by atoms with E-state index in [9.17, 15) is 0 Å². The van der Waals surface area contributed by atoms with Gasteiger partial charge >= 0.3 is 0 Å². The highest BCUT2D eigenvalue weighted by Gasteiger charge is 2.14. The van der Waals surface area contributed by atoms with Crippen LogP contribution in [0, 0.1) is 0 Å². The lowest BCUT2D eigenvalue weighted by Gasteiger charge is -2.09. The van der Waals surface area contributed by atoms with Crippen molar-refractivity contribution in [1.82, 2.24) is 20.7 Å². The van der Waals surface area contributed by atoms with E-state index in [-0.39, 0.29) is 13.4 Å². The minimum atomic E-state index is 0. The van der Waals surface area contributed by atoms with Crippen molar-refractivity contribution in [2.45, 2.75) is 0 Å². The smallest absolute Gasteiger partial charge is 0.150 e. The molecular weight excluding hydrogens is 358 g/mol. The largest absolute Gasteiger partial charge is 0.382 e. The summed E-state index contributed by atoms with van der Waals surface area (Å²) in [5, 5.41) is 7.84. The summed E-state index contributed by atoms with van der Waals surface area (Å²) >= 11 is 1.69. The summed E-state index contributed by atoms with van der Waals surface area (Å²) < 4.78 is 3.20. The molecule has 0 radical (unpaired) electrons. The molecule has 5 rings (SSSR count). The molecule has 0 bridgehead atoms. The van der Waals surface area contributed by atoms with Crippen molar-refractivity contribution in [1.29, 1.82) is 0 Å². The number of para-hydroxylation sites is 2. The van der Waals surface area contributed by atoms with Crippen LogP contribution in [0.15, 0.2) is 65.3 Å². The Balaban J connectivity index is 0.00000112. The molecule has 0 aliphatic carbocycles. The zero-order chi connectivity index (χ0) is 17.7. The van der Waals surface area contributed by atoms with E-state index >= 15 is 0 Å². The predicted octanol–water partition coefficient (Wildman–Crippen LogP) is 3.78. The second kappa shape index (κ2) is 6.35. The normalized spacial score (nSPS) is 11.9. The van der Waals surface area contributed by atoms with Crippen LogP contribution in [0.2, 0.25) is 0 Å². The zero-order valence-corrected chi connectivity index (χ0v) is 15.1. The molecule has 0 fully saturated rings. The molecule has 27 heavy (non-hydrogen) atoms. The Morgan fingerprint density at radius 1 is 1.07 bits per heavy atom. The first-order chi connectivity index (χ1) is 12.8. The fourth-order valence-corrected chi connectivity index (χ4v) is 4.16. The van der Waals surface area contributed by atoms with Crippen LogP contribution in [0.5, 0.6) is 0 Å². The number of imidazole rings is 1. The Morgan fingerprint density at radius 2 is 1.93 bits per heavy atom. The summed E-state index contributed by atoms with van der Waals surface area (Å²) in [5.41, 5.74) is 9.42. The number of aromatic nitrogens is 3. The summed E-state index contributed by atoms with van der Waals surface area (Å²) in [5.74, 6) is 6.46. The van der Waals surface area contributed by atoms with E-state index in [1.165, 1.54) is 4.70 Å². The van der Waals surface area contributed by atoms with Gasteiger partial charge in [0.2, 0.25) is 0 Å². The van der Waals surface area contributed by atoms with E-state index < -0.39 is 0 Å². The maximum absolute atomic E-state index is 5.87. The van der Waals surface area contributed by atoms with E-state index in [1.54, 1.807) is 11.3 Å². The Morgan fingerprint density at radius 3 is 2.78 bits per heavy atom. The topological polar surface area (TPSA) is 130 Å². The van der Waals surface area contributed by atoms with Crippen LogP contribution in [-0.4, -0.2) is 20.4 Å². The Labute approximate surface area is 160 Å². The van der Waals surface area contributed by atoms with E-state index in [4.69, 9.17) is 16.6 Å². The molecule has 0 unspecified atom stereocenters. The quantitative estimate of drug-likeness (QED) is 0.186. The highest BCUT2D eigenvalue weighted by Crippen LogP contribution is 2.34. The number of rotatable bonds is 2. The van der Waals surface area contributed by atoms with Gasteiger partial charge in [-0.3, -0.25) is 4.57 Å². The molecule has 136 valence electrons. The first-order valence-corrected chi connectivity index (χ1v) is 8.91. The second-order valence-electron chi connectivity index (χ2n) is 5.95. The Bertz CT molecular complexity index is 1320. The lowest BCUT2D eigenvalue weighted by Crippen LogP contribution is -2.15. The summed E-state index contributed by atoms with van der Waals surface area (Å²) in [7, 11) is 0. The minimum absolute atomic E-state index is 0. The minimum Gasteiger partial charge on any atom is -0.382 e. The summed E-state index contributed by atoms with van der Waals surface area (Å²) in [6, 6.07) is 16.0. The molecule has 0 spiro atoms. The van der Waals surface area contributed by atoms with Crippen LogP contribution in [0.3, 0.4) is 0 Å². The van der Waals surface area contributed by atoms with Gasteiger partial charge in [0, 0.05) is 22.5 Å². The van der Waals surface area contributed by atoms with Gasteiger partial charge in [-0.05, 0) is 29.6 Å². The summed E-state index contributed by atoms with van der Waals surface area (Å²) in [6.07, 6.45) is 1.81. The third-order valence-electron chi connectivity index (χ3n) is 4.49. The number of nitrogens with zero attached hydrogens (tertiary/aromatic N) is 4. The van der Waals surface area contributed by atoms with E-state index in [0.717, 1.165) is 38.7 Å². The van der Waals surface area contributed by atoms with Gasteiger partial charge in [-0.2, -0.15) is 5.10 Å². The molecule has 7 nitrogen and oxygen atoms in total. The number of fused-ring (bicyclic) bond motifs is 4. The molecule has 5 aromatic rings. The van der Waals surface area contributed by atoms with Crippen molar-refractivity contribution >= 4 is 49.2 Å². The van der Waals surface area contributed by atoms with Gasteiger partial charge in [0.1, 0.15) is 18.0 Å². The second-order valence-corrected chi connectivity index (χ2v) is 6.86. The monoisotopic (exact) mass is 377 g/mol. The van der Waals surface area contributed by atoms with Gasteiger partial charge in [0.25, 0.3) is 0 Å². The standard InChI is InChI=1S/C19H14N6S.H3N.H2/c20-18(24-21)11-5-6-12-15(9-11)23-19(13-7-8-26-17(12)13)25-10-22-14-3-1-2-4-16(14)25;;/h1-10H,21H2,(H2,20,24);1H3;1H. The van der Waals surface area contributed by atoms with Crippen LogP contribution in [0.1, 0.15) is 6.99 Å². The Hall–Kier alpha value is -3.49. The van der Waals surface area contributed by atoms with Gasteiger partial charge in [0.05, 0.1) is 16.6 Å². The lowest BCUT2D eigenvalue weighted by atomic mass is 10.1. The van der Waals surface area contributed by atoms with Crippen molar-refractivity contribution in [2.75, 3.05) is 0 Å². The van der Waals surface area contributed by atoms with Crippen LogP contribution in [-0.2, 0) is 0 Å². The van der Waals surface area contributed by atoms with Gasteiger partial charge in [-0.25, -0.2) is 9.97 Å². The fraction of sp³-hybridized carbons (Fsp3) is 0. The molecule has 0 saturated carbocycles. The third-order valence-corrected chi connectivity index (χ3v) is 5.44. The molecule has 0 amide bonds. The van der Waals surface area contributed by atoms with Crippen LogP contribution in [0.4, 0.5) is 0 Å². The highest BCUT2D eigenvalue weighted by atomic mass is 32.1. The molecule has 3 aromatic heterocycles. The average molecular weight is 377 g/mol. The van der Waals surface area contributed by atoms with Gasteiger partial charge in [0.15, 0.2) is 0 Å². The van der Waals surface area contributed by atoms with Gasteiger partial charge < -0.3 is 17.7 Å². The average Bonchev–Trinajstić information content (AvgIpc) is 3.33. The number of benzene rings is 2. The zero-order valence-electron chi connectivity index (χ0n) is 14.3. The number of hydrazone groups is 1. The van der Waals surface area contributed by atoms with E-state index in [0.29, 0.717) is 0 Å². The number of hydrogen-bond donors (Lipinski definition) is 3. The maximum Gasteiger partial charge on any atom is 0.150 e. The molecule has 0 atom stereocenters. The van der Waals surface area contributed by atoms with Crippen molar-refractivity contribution < 1.29 is 1.43 Å². The molecule has 0 saturated heterocycles. The highest BCUT2D eigenvalue weighted by molar-refractivity contribution is 7.18. The first kappa shape index (κ1) is 17.0. The number of hydrogen-bond acceptors (Lipinski definition) is 6. The number of thiophene rings is 1. The summed E-state index contributed by atoms with van der Waals surface area (Å²) in [6.45, 7) is 0. The predicted molar refractivity (Wildman–Crippen MR) is 114 cm³/mol. The fourth-order valence-electron chi connectivity index (χ4n) is 3.23. The molecule has 0 aliphatic heterocycles. The number of nitrogens with two attached hydrogens (primary N) is 2. The van der Waals surface area contributed by atoms with Crippen molar-refractivity contribution in [3.63, 3.8) is 0 Å². The maximum atomic E-state index is 5.87. The van der Waals surface area contributed by atoms with Crippen molar-refractivity contribution in [2.24, 2.45) is 16.7 Å². The van der Waals surface area contributed by atoms with Crippen LogP contribution >= 0.6 is 11.3 Å². The van der Waals surface area contributed by atoms with Crippen LogP contribution in [0.25, 0.3) is 37.8 Å². The summed E-state index contributed by atoms with van der Waals surface area (Å²) in [4.78, 5) is 9.42. The lowest BCUT2D eigenvalue weighted by molar-refractivity contribution is 1.05. The third kappa shape index (κ3) is 2.50. The van der Waals surface area contributed by atoms with E-state index in [2.05, 4.69) is 21.5 Å². The molecule has 8 heteroatoms. The SMILES string of the molecule is N.N/N=C(\N)c1ccc2c(c1)nc(-n1cnc3ccccc31)c1ccsc12.[HH]. The Kier molecular flexibility index (Phi) is 3.98. The van der Waals surface area contributed by atoms with E-state index in [1.807, 2.05) is 53.4 Å². The molecule has 2 aromatic carbocycles. The molecule has 7 N–H and O–H groups in total.